The Morgan fingerprint density at radius 3 is 2.26 bits per heavy atom. The first-order valence-corrected chi connectivity index (χ1v) is 9.89. The van der Waals surface area contributed by atoms with Crippen molar-refractivity contribution in [2.75, 3.05) is 5.32 Å². The van der Waals surface area contributed by atoms with Crippen LogP contribution in [-0.2, 0) is 0 Å². The van der Waals surface area contributed by atoms with Crippen molar-refractivity contribution in [3.8, 4) is 17.4 Å². The molecule has 0 unspecified atom stereocenters. The first-order valence-electron chi connectivity index (χ1n) is 9.89. The van der Waals surface area contributed by atoms with Gasteiger partial charge in [-0.25, -0.2) is 15.0 Å². The molecule has 7 nitrogen and oxygen atoms in total. The highest BCUT2D eigenvalue weighted by Gasteiger charge is 2.10. The second-order valence-electron chi connectivity index (χ2n) is 7.46. The van der Waals surface area contributed by atoms with Gasteiger partial charge in [0.1, 0.15) is 24.2 Å². The van der Waals surface area contributed by atoms with E-state index in [1.807, 2.05) is 50.5 Å². The molecule has 0 aliphatic rings. The number of ether oxygens (including phenoxy) is 1. The Kier molecular flexibility index (Phi) is 5.49. The van der Waals surface area contributed by atoms with Gasteiger partial charge in [0, 0.05) is 23.0 Å². The fourth-order valence-electron chi connectivity index (χ4n) is 3.28. The molecule has 31 heavy (non-hydrogen) atoms. The van der Waals surface area contributed by atoms with Crippen molar-refractivity contribution in [2.24, 2.45) is 0 Å². The fraction of sp³-hybridized carbons (Fsp3) is 0.167. The molecule has 1 amide bonds. The van der Waals surface area contributed by atoms with Crippen LogP contribution in [0.2, 0.25) is 0 Å². The van der Waals surface area contributed by atoms with Crippen molar-refractivity contribution in [1.82, 2.24) is 19.5 Å². The predicted octanol–water partition coefficient (Wildman–Crippen LogP) is 4.94. The largest absolute Gasteiger partial charge is 0.439 e. The van der Waals surface area contributed by atoms with Gasteiger partial charge in [-0.05, 0) is 64.1 Å². The van der Waals surface area contributed by atoms with Gasteiger partial charge in [0.25, 0.3) is 5.91 Å². The number of imidazole rings is 1. The second-order valence-corrected chi connectivity index (χ2v) is 7.46. The third-order valence-electron chi connectivity index (χ3n) is 4.94. The Morgan fingerprint density at radius 2 is 1.61 bits per heavy atom. The van der Waals surface area contributed by atoms with Gasteiger partial charge >= 0.3 is 0 Å². The van der Waals surface area contributed by atoms with E-state index in [0.29, 0.717) is 28.7 Å². The lowest BCUT2D eigenvalue weighted by Crippen LogP contribution is -2.12. The van der Waals surface area contributed by atoms with Gasteiger partial charge in [0.15, 0.2) is 0 Å². The number of aromatic nitrogens is 4. The van der Waals surface area contributed by atoms with Gasteiger partial charge in [-0.1, -0.05) is 17.2 Å². The fourth-order valence-corrected chi connectivity index (χ4v) is 3.28. The smallest absolute Gasteiger partial charge is 0.255 e. The Morgan fingerprint density at radius 1 is 0.903 bits per heavy atom. The first-order chi connectivity index (χ1) is 14.9. The summed E-state index contributed by atoms with van der Waals surface area (Å²) < 4.78 is 7.75. The lowest BCUT2D eigenvalue weighted by molar-refractivity contribution is 0.102. The van der Waals surface area contributed by atoms with Crippen molar-refractivity contribution < 1.29 is 9.53 Å². The molecule has 0 aliphatic carbocycles. The SMILES string of the molecule is Cc1cc(C)cc(C(=O)Nc2ccc(Oc3cc(-n4cnc(C)c4C)ncn3)cc2)c1. The Balaban J connectivity index is 1.46. The molecule has 2 aromatic heterocycles. The second kappa shape index (κ2) is 8.39. The van der Waals surface area contributed by atoms with E-state index in [1.165, 1.54) is 6.33 Å². The zero-order valence-corrected chi connectivity index (χ0v) is 17.9. The maximum absolute atomic E-state index is 12.5. The van der Waals surface area contributed by atoms with Crippen molar-refractivity contribution in [1.29, 1.82) is 0 Å². The number of anilines is 1. The number of aryl methyl sites for hydroxylation is 3. The summed E-state index contributed by atoms with van der Waals surface area (Å²) in [4.78, 5) is 25.3. The van der Waals surface area contributed by atoms with E-state index in [4.69, 9.17) is 4.74 Å². The van der Waals surface area contributed by atoms with Crippen LogP contribution in [0, 0.1) is 27.7 Å². The third-order valence-corrected chi connectivity index (χ3v) is 4.94. The van der Waals surface area contributed by atoms with Crippen LogP contribution in [0.4, 0.5) is 5.69 Å². The summed E-state index contributed by atoms with van der Waals surface area (Å²) in [5, 5.41) is 2.91. The predicted molar refractivity (Wildman–Crippen MR) is 119 cm³/mol. The third kappa shape index (κ3) is 4.61. The first kappa shape index (κ1) is 20.3. The molecule has 0 fully saturated rings. The van der Waals surface area contributed by atoms with Crippen molar-refractivity contribution in [3.05, 3.63) is 89.3 Å². The number of amides is 1. The molecule has 0 aliphatic heterocycles. The van der Waals surface area contributed by atoms with Crippen LogP contribution in [0.5, 0.6) is 11.6 Å². The van der Waals surface area contributed by atoms with Gasteiger partial charge < -0.3 is 10.1 Å². The molecule has 0 saturated carbocycles. The highest BCUT2D eigenvalue weighted by molar-refractivity contribution is 6.04. The van der Waals surface area contributed by atoms with Gasteiger partial charge in [0.2, 0.25) is 5.88 Å². The zero-order chi connectivity index (χ0) is 22.0. The maximum atomic E-state index is 12.5. The lowest BCUT2D eigenvalue weighted by atomic mass is 10.1. The quantitative estimate of drug-likeness (QED) is 0.501. The minimum Gasteiger partial charge on any atom is -0.439 e. The molecule has 0 atom stereocenters. The Bertz CT molecular complexity index is 1230. The molecule has 0 spiro atoms. The molecule has 0 radical (unpaired) electrons. The molecule has 1 N–H and O–H groups in total. The molecule has 2 aromatic carbocycles. The summed E-state index contributed by atoms with van der Waals surface area (Å²) in [6.07, 6.45) is 3.18. The van der Waals surface area contributed by atoms with Crippen molar-refractivity contribution >= 4 is 11.6 Å². The van der Waals surface area contributed by atoms with Crippen LogP contribution >= 0.6 is 0 Å². The number of hydrogen-bond acceptors (Lipinski definition) is 5. The monoisotopic (exact) mass is 413 g/mol. The number of rotatable bonds is 5. The molecular weight excluding hydrogens is 390 g/mol. The van der Waals surface area contributed by atoms with E-state index >= 15 is 0 Å². The van der Waals surface area contributed by atoms with E-state index in [2.05, 4.69) is 20.3 Å². The molecular formula is C24H23N5O2. The van der Waals surface area contributed by atoms with Crippen LogP contribution in [0.1, 0.15) is 32.9 Å². The summed E-state index contributed by atoms with van der Waals surface area (Å²) in [6, 6.07) is 14.7. The van der Waals surface area contributed by atoms with E-state index in [0.717, 1.165) is 22.5 Å². The number of benzene rings is 2. The summed E-state index contributed by atoms with van der Waals surface area (Å²) in [6.45, 7) is 7.88. The standard InChI is InChI=1S/C24H23N5O2/c1-15-9-16(2)11-19(10-15)24(30)28-20-5-7-21(8-6-20)31-23-12-22(25-13-26-23)29-14-27-17(3)18(29)4/h5-14H,1-4H3,(H,28,30). The van der Waals surface area contributed by atoms with Crippen LogP contribution < -0.4 is 10.1 Å². The van der Waals surface area contributed by atoms with Crippen LogP contribution in [-0.4, -0.2) is 25.4 Å². The Labute approximate surface area is 180 Å². The molecule has 2 heterocycles. The lowest BCUT2D eigenvalue weighted by Gasteiger charge is -2.10. The van der Waals surface area contributed by atoms with Crippen molar-refractivity contribution in [3.63, 3.8) is 0 Å². The Hall–Kier alpha value is -4.00. The summed E-state index contributed by atoms with van der Waals surface area (Å²) >= 11 is 0. The molecule has 0 saturated heterocycles. The average Bonchev–Trinajstić information content (AvgIpc) is 3.07. The van der Waals surface area contributed by atoms with Crippen LogP contribution in [0.3, 0.4) is 0 Å². The van der Waals surface area contributed by atoms with Crippen molar-refractivity contribution in [2.45, 2.75) is 27.7 Å². The van der Waals surface area contributed by atoms with E-state index in [9.17, 15) is 4.79 Å². The average molecular weight is 413 g/mol. The van der Waals surface area contributed by atoms with Gasteiger partial charge in [-0.2, -0.15) is 0 Å². The van der Waals surface area contributed by atoms with E-state index in [-0.39, 0.29) is 5.91 Å². The molecule has 7 heteroatoms. The minimum atomic E-state index is -0.146. The number of carbonyl (C=O) groups excluding carboxylic acids is 1. The van der Waals surface area contributed by atoms with Crippen LogP contribution in [0.15, 0.2) is 61.2 Å². The normalized spacial score (nSPS) is 10.7. The number of nitrogens with zero attached hydrogens (tertiary/aromatic N) is 4. The summed E-state index contributed by atoms with van der Waals surface area (Å²) in [5.74, 6) is 1.56. The number of hydrogen-bond donors (Lipinski definition) is 1. The summed E-state index contributed by atoms with van der Waals surface area (Å²) in [5.41, 5.74) is 5.38. The van der Waals surface area contributed by atoms with Crippen LogP contribution in [0.25, 0.3) is 5.82 Å². The number of nitrogens with one attached hydrogen (secondary N) is 1. The molecule has 4 aromatic rings. The summed E-state index contributed by atoms with van der Waals surface area (Å²) in [7, 11) is 0. The molecule has 0 bridgehead atoms. The minimum absolute atomic E-state index is 0.146. The molecule has 4 rings (SSSR count). The maximum Gasteiger partial charge on any atom is 0.255 e. The topological polar surface area (TPSA) is 81.9 Å². The van der Waals surface area contributed by atoms with Gasteiger partial charge in [-0.15, -0.1) is 0 Å². The zero-order valence-electron chi connectivity index (χ0n) is 17.9. The number of carbonyl (C=O) groups is 1. The highest BCUT2D eigenvalue weighted by Crippen LogP contribution is 2.23. The van der Waals surface area contributed by atoms with Gasteiger partial charge in [0.05, 0.1) is 5.69 Å². The van der Waals surface area contributed by atoms with E-state index in [1.54, 1.807) is 36.7 Å². The van der Waals surface area contributed by atoms with Gasteiger partial charge in [-0.3, -0.25) is 9.36 Å². The molecule has 156 valence electrons. The highest BCUT2D eigenvalue weighted by atomic mass is 16.5. The van der Waals surface area contributed by atoms with E-state index < -0.39 is 0 Å².